The molecule has 0 aliphatic heterocycles. The van der Waals surface area contributed by atoms with Gasteiger partial charge in [-0.1, -0.05) is 44.2 Å². The second kappa shape index (κ2) is 6.40. The average molecular weight is 234 g/mol. The summed E-state index contributed by atoms with van der Waals surface area (Å²) in [7, 11) is 1.80. The zero-order valence-corrected chi connectivity index (χ0v) is 10.9. The van der Waals surface area contributed by atoms with Crippen LogP contribution in [0.3, 0.4) is 0 Å². The fourth-order valence-corrected chi connectivity index (χ4v) is 1.83. The number of nitrogens with zero attached hydrogens (tertiary/aromatic N) is 1. The number of rotatable bonds is 5. The molecular weight excluding hydrogens is 212 g/mol. The molecule has 0 bridgehead atoms. The Kier molecular flexibility index (Phi) is 5.16. The topological polar surface area (TPSA) is 46.3 Å². The molecule has 3 nitrogen and oxygen atoms in total. The fourth-order valence-electron chi connectivity index (χ4n) is 1.83. The van der Waals surface area contributed by atoms with Gasteiger partial charge in [0.05, 0.1) is 6.04 Å². The Balaban J connectivity index is 2.52. The van der Waals surface area contributed by atoms with Gasteiger partial charge in [0.15, 0.2) is 0 Å². The predicted octanol–water partition coefficient (Wildman–Crippen LogP) is 2.02. The van der Waals surface area contributed by atoms with E-state index in [0.29, 0.717) is 12.5 Å². The Morgan fingerprint density at radius 1 is 1.29 bits per heavy atom. The summed E-state index contributed by atoms with van der Waals surface area (Å²) in [5.74, 6) is 0.460. The van der Waals surface area contributed by atoms with Gasteiger partial charge in [0.2, 0.25) is 5.91 Å². The largest absolute Gasteiger partial charge is 0.340 e. The molecule has 1 amide bonds. The van der Waals surface area contributed by atoms with E-state index in [0.717, 1.165) is 12.0 Å². The van der Waals surface area contributed by atoms with E-state index in [1.807, 2.05) is 30.3 Å². The van der Waals surface area contributed by atoms with Crippen LogP contribution in [0, 0.1) is 5.92 Å². The summed E-state index contributed by atoms with van der Waals surface area (Å²) in [6.45, 7) is 4.76. The van der Waals surface area contributed by atoms with E-state index in [2.05, 4.69) is 13.8 Å². The first-order valence-corrected chi connectivity index (χ1v) is 6.05. The average Bonchev–Trinajstić information content (AvgIpc) is 2.28. The van der Waals surface area contributed by atoms with Gasteiger partial charge in [-0.3, -0.25) is 4.79 Å². The summed E-state index contributed by atoms with van der Waals surface area (Å²) in [6.07, 6.45) is 0.734. The molecule has 0 aliphatic rings. The van der Waals surface area contributed by atoms with Crippen LogP contribution in [-0.4, -0.2) is 23.9 Å². The number of likely N-dealkylation sites (N-methyl/N-ethyl adjacent to an activating group) is 1. The first kappa shape index (κ1) is 13.7. The Morgan fingerprint density at radius 2 is 1.88 bits per heavy atom. The molecule has 1 aromatic rings. The van der Waals surface area contributed by atoms with Gasteiger partial charge in [-0.2, -0.15) is 0 Å². The minimum atomic E-state index is -0.385. The predicted molar refractivity (Wildman–Crippen MR) is 70.3 cm³/mol. The molecule has 0 saturated carbocycles. The van der Waals surface area contributed by atoms with Gasteiger partial charge in [0.25, 0.3) is 0 Å². The molecule has 0 spiro atoms. The van der Waals surface area contributed by atoms with Crippen molar-refractivity contribution in [2.45, 2.75) is 32.9 Å². The van der Waals surface area contributed by atoms with Crippen LogP contribution in [0.4, 0.5) is 0 Å². The molecule has 0 heterocycles. The monoisotopic (exact) mass is 234 g/mol. The maximum absolute atomic E-state index is 12.0. The summed E-state index contributed by atoms with van der Waals surface area (Å²) in [5.41, 5.74) is 7.01. The van der Waals surface area contributed by atoms with Crippen LogP contribution in [0.1, 0.15) is 25.8 Å². The number of carbonyl (C=O) groups is 1. The Hall–Kier alpha value is -1.35. The SMILES string of the molecule is CC(C)C[C@H](N)C(=O)N(C)Cc1ccccc1. The number of nitrogens with two attached hydrogens (primary N) is 1. The first-order chi connectivity index (χ1) is 8.00. The zero-order valence-electron chi connectivity index (χ0n) is 10.9. The van der Waals surface area contributed by atoms with Crippen molar-refractivity contribution in [3.63, 3.8) is 0 Å². The molecule has 0 aromatic heterocycles. The van der Waals surface area contributed by atoms with Crippen LogP contribution >= 0.6 is 0 Å². The smallest absolute Gasteiger partial charge is 0.239 e. The number of hydrogen-bond donors (Lipinski definition) is 1. The highest BCUT2D eigenvalue weighted by Gasteiger charge is 2.18. The summed E-state index contributed by atoms with van der Waals surface area (Å²) in [6, 6.07) is 9.55. The van der Waals surface area contributed by atoms with Crippen molar-refractivity contribution in [1.82, 2.24) is 4.90 Å². The van der Waals surface area contributed by atoms with Gasteiger partial charge >= 0.3 is 0 Å². The van der Waals surface area contributed by atoms with E-state index < -0.39 is 0 Å². The standard InChI is InChI=1S/C14H22N2O/c1-11(2)9-13(15)14(17)16(3)10-12-7-5-4-6-8-12/h4-8,11,13H,9-10,15H2,1-3H3/t13-/m0/s1. The number of carbonyl (C=O) groups excluding carboxylic acids is 1. The van der Waals surface area contributed by atoms with Crippen molar-refractivity contribution < 1.29 is 4.79 Å². The lowest BCUT2D eigenvalue weighted by Gasteiger charge is -2.22. The first-order valence-electron chi connectivity index (χ1n) is 6.05. The second-order valence-corrected chi connectivity index (χ2v) is 4.92. The van der Waals surface area contributed by atoms with Crippen molar-refractivity contribution in [1.29, 1.82) is 0 Å². The maximum atomic E-state index is 12.0. The molecule has 1 atom stereocenters. The van der Waals surface area contributed by atoms with Gasteiger partial charge in [-0.15, -0.1) is 0 Å². The second-order valence-electron chi connectivity index (χ2n) is 4.92. The molecule has 3 heteroatoms. The van der Waals surface area contributed by atoms with E-state index in [-0.39, 0.29) is 11.9 Å². The number of hydrogen-bond acceptors (Lipinski definition) is 2. The third-order valence-electron chi connectivity index (χ3n) is 2.68. The number of benzene rings is 1. The molecule has 1 rings (SSSR count). The molecule has 1 aromatic carbocycles. The fraction of sp³-hybridized carbons (Fsp3) is 0.500. The van der Waals surface area contributed by atoms with Crippen LogP contribution in [0.15, 0.2) is 30.3 Å². The van der Waals surface area contributed by atoms with Crippen molar-refractivity contribution in [3.05, 3.63) is 35.9 Å². The van der Waals surface area contributed by atoms with Crippen molar-refractivity contribution in [3.8, 4) is 0 Å². The lowest BCUT2D eigenvalue weighted by molar-refractivity contribution is -0.132. The van der Waals surface area contributed by atoms with E-state index in [1.165, 1.54) is 0 Å². The van der Waals surface area contributed by atoms with Gasteiger partial charge < -0.3 is 10.6 Å². The van der Waals surface area contributed by atoms with E-state index in [9.17, 15) is 4.79 Å². The lowest BCUT2D eigenvalue weighted by Crippen LogP contribution is -2.42. The van der Waals surface area contributed by atoms with Crippen LogP contribution in [0.25, 0.3) is 0 Å². The van der Waals surface area contributed by atoms with Crippen LogP contribution in [0.2, 0.25) is 0 Å². The minimum Gasteiger partial charge on any atom is -0.340 e. The van der Waals surface area contributed by atoms with Gasteiger partial charge in [-0.25, -0.2) is 0 Å². The van der Waals surface area contributed by atoms with Crippen LogP contribution < -0.4 is 5.73 Å². The van der Waals surface area contributed by atoms with Crippen molar-refractivity contribution >= 4 is 5.91 Å². The van der Waals surface area contributed by atoms with Crippen molar-refractivity contribution in [2.75, 3.05) is 7.05 Å². The minimum absolute atomic E-state index is 0.0163. The molecule has 17 heavy (non-hydrogen) atoms. The molecule has 94 valence electrons. The third kappa shape index (κ3) is 4.57. The van der Waals surface area contributed by atoms with Crippen molar-refractivity contribution in [2.24, 2.45) is 11.7 Å². The zero-order chi connectivity index (χ0) is 12.8. The molecule has 0 radical (unpaired) electrons. The summed E-state index contributed by atoms with van der Waals surface area (Å²) < 4.78 is 0. The van der Waals surface area contributed by atoms with Crippen LogP contribution in [0.5, 0.6) is 0 Å². The Morgan fingerprint density at radius 3 is 2.41 bits per heavy atom. The molecule has 0 aliphatic carbocycles. The molecule has 0 unspecified atom stereocenters. The summed E-state index contributed by atoms with van der Waals surface area (Å²) in [4.78, 5) is 13.7. The number of amides is 1. The molecular formula is C14H22N2O. The highest BCUT2D eigenvalue weighted by atomic mass is 16.2. The molecule has 0 fully saturated rings. The molecule has 2 N–H and O–H groups in total. The van der Waals surface area contributed by atoms with Gasteiger partial charge in [-0.05, 0) is 17.9 Å². The van der Waals surface area contributed by atoms with E-state index in [1.54, 1.807) is 11.9 Å². The summed E-state index contributed by atoms with van der Waals surface area (Å²) in [5, 5.41) is 0. The Labute approximate surface area is 104 Å². The van der Waals surface area contributed by atoms with E-state index in [4.69, 9.17) is 5.73 Å². The highest BCUT2D eigenvalue weighted by Crippen LogP contribution is 2.08. The lowest BCUT2D eigenvalue weighted by atomic mass is 10.0. The normalized spacial score (nSPS) is 12.5. The molecule has 0 saturated heterocycles. The van der Waals surface area contributed by atoms with Gasteiger partial charge in [0, 0.05) is 13.6 Å². The van der Waals surface area contributed by atoms with Gasteiger partial charge in [0.1, 0.15) is 0 Å². The third-order valence-corrected chi connectivity index (χ3v) is 2.68. The van der Waals surface area contributed by atoms with Crippen LogP contribution in [-0.2, 0) is 11.3 Å². The highest BCUT2D eigenvalue weighted by molar-refractivity contribution is 5.81. The maximum Gasteiger partial charge on any atom is 0.239 e. The summed E-state index contributed by atoms with van der Waals surface area (Å²) >= 11 is 0. The van der Waals surface area contributed by atoms with E-state index >= 15 is 0 Å². The Bertz CT molecular complexity index is 348. The quantitative estimate of drug-likeness (QED) is 0.847.